The number of benzene rings is 1. The molecule has 0 spiro atoms. The zero-order chi connectivity index (χ0) is 17.6. The first-order valence-corrected chi connectivity index (χ1v) is 8.27. The number of carbonyl (C=O) groups is 2. The Balaban J connectivity index is 1.61. The van der Waals surface area contributed by atoms with Crippen LogP contribution in [0.25, 0.3) is 5.65 Å². The van der Waals surface area contributed by atoms with E-state index in [-0.39, 0.29) is 17.9 Å². The minimum absolute atomic E-state index is 0.123. The van der Waals surface area contributed by atoms with E-state index in [4.69, 9.17) is 0 Å². The van der Waals surface area contributed by atoms with Crippen molar-refractivity contribution in [3.63, 3.8) is 0 Å². The van der Waals surface area contributed by atoms with Gasteiger partial charge in [0.15, 0.2) is 0 Å². The molecular formula is C18H19N5O2. The lowest BCUT2D eigenvalue weighted by molar-refractivity contribution is -0.117. The average Bonchev–Trinajstić information content (AvgIpc) is 3.25. The first-order valence-electron chi connectivity index (χ1n) is 8.27. The second-order valence-electron chi connectivity index (χ2n) is 6.39. The van der Waals surface area contributed by atoms with E-state index in [0.29, 0.717) is 17.7 Å². The van der Waals surface area contributed by atoms with Gasteiger partial charge in [0.2, 0.25) is 5.91 Å². The molecule has 2 amide bonds. The Morgan fingerprint density at radius 1 is 1.32 bits per heavy atom. The second-order valence-corrected chi connectivity index (χ2v) is 6.39. The monoisotopic (exact) mass is 337 g/mol. The van der Waals surface area contributed by atoms with E-state index in [1.165, 1.54) is 0 Å². The molecule has 1 aromatic carbocycles. The molecule has 25 heavy (non-hydrogen) atoms. The highest BCUT2D eigenvalue weighted by atomic mass is 16.2. The van der Waals surface area contributed by atoms with Crippen molar-refractivity contribution in [3.05, 3.63) is 48.4 Å². The van der Waals surface area contributed by atoms with Crippen LogP contribution in [0.1, 0.15) is 30.1 Å². The van der Waals surface area contributed by atoms with Crippen molar-refractivity contribution in [1.29, 1.82) is 0 Å². The van der Waals surface area contributed by atoms with E-state index < -0.39 is 0 Å². The number of carbonyl (C=O) groups excluding carboxylic acids is 2. The van der Waals surface area contributed by atoms with Gasteiger partial charge in [-0.25, -0.2) is 4.52 Å². The molecule has 1 atom stereocenters. The smallest absolute Gasteiger partial charge is 0.261 e. The van der Waals surface area contributed by atoms with Crippen LogP contribution in [0.3, 0.4) is 0 Å². The number of aryl methyl sites for hydroxylation is 1. The average molecular weight is 337 g/mol. The van der Waals surface area contributed by atoms with Crippen LogP contribution >= 0.6 is 0 Å². The molecule has 7 heteroatoms. The van der Waals surface area contributed by atoms with Crippen LogP contribution in [-0.2, 0) is 11.8 Å². The SMILES string of the molecule is CC1CCC(=O)N1c1cccc(NC(=O)c2cnn3ccn(C)c23)c1. The number of hydrogen-bond acceptors (Lipinski definition) is 3. The van der Waals surface area contributed by atoms with E-state index in [9.17, 15) is 9.59 Å². The normalized spacial score (nSPS) is 17.4. The van der Waals surface area contributed by atoms with Crippen LogP contribution in [0.4, 0.5) is 11.4 Å². The van der Waals surface area contributed by atoms with Gasteiger partial charge in [0.25, 0.3) is 5.91 Å². The molecule has 4 rings (SSSR count). The number of amides is 2. The third kappa shape index (κ3) is 2.57. The Labute approximate surface area is 144 Å². The predicted molar refractivity (Wildman–Crippen MR) is 94.7 cm³/mol. The zero-order valence-corrected chi connectivity index (χ0v) is 14.1. The number of nitrogens with zero attached hydrogens (tertiary/aromatic N) is 4. The van der Waals surface area contributed by atoms with Gasteiger partial charge in [-0.1, -0.05) is 6.07 Å². The van der Waals surface area contributed by atoms with E-state index in [2.05, 4.69) is 10.4 Å². The summed E-state index contributed by atoms with van der Waals surface area (Å²) in [6.45, 7) is 2.04. The summed E-state index contributed by atoms with van der Waals surface area (Å²) in [6.07, 6.45) is 6.63. The summed E-state index contributed by atoms with van der Waals surface area (Å²) in [5.41, 5.74) is 2.70. The van der Waals surface area contributed by atoms with Gasteiger partial charge in [0, 0.05) is 43.3 Å². The third-order valence-corrected chi connectivity index (χ3v) is 4.65. The van der Waals surface area contributed by atoms with Crippen molar-refractivity contribution in [3.8, 4) is 0 Å². The minimum Gasteiger partial charge on any atom is -0.334 e. The molecule has 0 saturated carbocycles. The maximum Gasteiger partial charge on any atom is 0.261 e. The molecule has 128 valence electrons. The van der Waals surface area contributed by atoms with Crippen molar-refractivity contribution >= 4 is 28.8 Å². The Hall–Kier alpha value is -3.09. The van der Waals surface area contributed by atoms with Crippen LogP contribution in [0, 0.1) is 0 Å². The van der Waals surface area contributed by atoms with Crippen LogP contribution in [0.2, 0.25) is 0 Å². The van der Waals surface area contributed by atoms with E-state index in [0.717, 1.165) is 17.8 Å². The maximum atomic E-state index is 12.6. The van der Waals surface area contributed by atoms with E-state index in [1.54, 1.807) is 21.8 Å². The van der Waals surface area contributed by atoms with Crippen molar-refractivity contribution in [1.82, 2.24) is 14.2 Å². The summed E-state index contributed by atoms with van der Waals surface area (Å²) in [7, 11) is 1.87. The van der Waals surface area contributed by atoms with E-state index >= 15 is 0 Å². The summed E-state index contributed by atoms with van der Waals surface area (Å²) < 4.78 is 3.51. The number of aromatic nitrogens is 3. The molecule has 7 nitrogen and oxygen atoms in total. The summed E-state index contributed by atoms with van der Waals surface area (Å²) >= 11 is 0. The van der Waals surface area contributed by atoms with E-state index in [1.807, 2.05) is 49.0 Å². The second kappa shape index (κ2) is 5.77. The summed E-state index contributed by atoms with van der Waals surface area (Å²) in [6, 6.07) is 7.57. The van der Waals surface area contributed by atoms with Crippen molar-refractivity contribution in [2.75, 3.05) is 10.2 Å². The Bertz CT molecular complexity index is 971. The molecule has 1 N–H and O–H groups in total. The molecule has 0 bridgehead atoms. The van der Waals surface area contributed by atoms with Crippen LogP contribution in [0.5, 0.6) is 0 Å². The third-order valence-electron chi connectivity index (χ3n) is 4.65. The molecule has 0 aliphatic carbocycles. The van der Waals surface area contributed by atoms with Gasteiger partial charge in [-0.15, -0.1) is 0 Å². The molecule has 1 fully saturated rings. The highest BCUT2D eigenvalue weighted by Crippen LogP contribution is 2.28. The Morgan fingerprint density at radius 2 is 2.16 bits per heavy atom. The largest absolute Gasteiger partial charge is 0.334 e. The number of imidazole rings is 1. The molecular weight excluding hydrogens is 318 g/mol. The topological polar surface area (TPSA) is 71.6 Å². The lowest BCUT2D eigenvalue weighted by Crippen LogP contribution is -2.30. The van der Waals surface area contributed by atoms with Crippen molar-refractivity contribution < 1.29 is 9.59 Å². The predicted octanol–water partition coefficient (Wildman–Crippen LogP) is 2.44. The number of hydrogen-bond donors (Lipinski definition) is 1. The fourth-order valence-corrected chi connectivity index (χ4v) is 3.37. The lowest BCUT2D eigenvalue weighted by Gasteiger charge is -2.22. The summed E-state index contributed by atoms with van der Waals surface area (Å²) in [4.78, 5) is 26.5. The Morgan fingerprint density at radius 3 is 2.92 bits per heavy atom. The van der Waals surface area contributed by atoms with Crippen LogP contribution < -0.4 is 10.2 Å². The number of anilines is 2. The summed E-state index contributed by atoms with van der Waals surface area (Å²) in [5.74, 6) is -0.104. The van der Waals surface area contributed by atoms with Crippen LogP contribution in [0.15, 0.2) is 42.9 Å². The highest BCUT2D eigenvalue weighted by Gasteiger charge is 2.28. The van der Waals surface area contributed by atoms with Gasteiger partial charge in [0.05, 0.1) is 6.20 Å². The maximum absolute atomic E-state index is 12.6. The molecule has 1 aliphatic rings. The molecule has 3 aromatic rings. The van der Waals surface area contributed by atoms with Gasteiger partial charge >= 0.3 is 0 Å². The van der Waals surface area contributed by atoms with Gasteiger partial charge in [-0.05, 0) is 31.5 Å². The molecule has 1 unspecified atom stereocenters. The molecule has 1 saturated heterocycles. The minimum atomic E-state index is -0.227. The Kier molecular flexibility index (Phi) is 3.56. The highest BCUT2D eigenvalue weighted by molar-refractivity contribution is 6.08. The van der Waals surface area contributed by atoms with Gasteiger partial charge in [-0.2, -0.15) is 5.10 Å². The molecule has 2 aromatic heterocycles. The first-order chi connectivity index (χ1) is 12.0. The zero-order valence-electron chi connectivity index (χ0n) is 14.1. The fraction of sp³-hybridized carbons (Fsp3) is 0.278. The fourth-order valence-electron chi connectivity index (χ4n) is 3.37. The molecule has 3 heterocycles. The molecule has 1 aliphatic heterocycles. The number of nitrogens with one attached hydrogen (secondary N) is 1. The van der Waals surface area contributed by atoms with Gasteiger partial charge in [-0.3, -0.25) is 9.59 Å². The number of rotatable bonds is 3. The lowest BCUT2D eigenvalue weighted by atomic mass is 10.2. The van der Waals surface area contributed by atoms with Gasteiger partial charge in [0.1, 0.15) is 11.2 Å². The van der Waals surface area contributed by atoms with Crippen molar-refractivity contribution in [2.45, 2.75) is 25.8 Å². The first kappa shape index (κ1) is 15.4. The number of fused-ring (bicyclic) bond motifs is 1. The summed E-state index contributed by atoms with van der Waals surface area (Å²) in [5, 5.41) is 7.09. The standard InChI is InChI=1S/C18H19N5O2/c1-12-6-7-16(24)23(12)14-5-3-4-13(10-14)20-17(25)15-11-19-22-9-8-21(2)18(15)22/h3-5,8-12H,6-7H2,1-2H3,(H,20,25). The van der Waals surface area contributed by atoms with Crippen LogP contribution in [-0.4, -0.2) is 32.0 Å². The van der Waals surface area contributed by atoms with Crippen molar-refractivity contribution in [2.24, 2.45) is 7.05 Å². The molecule has 0 radical (unpaired) electrons. The van der Waals surface area contributed by atoms with Gasteiger partial charge < -0.3 is 14.8 Å². The quantitative estimate of drug-likeness (QED) is 0.798.